The van der Waals surface area contributed by atoms with Gasteiger partial charge in [-0.25, -0.2) is 8.78 Å². The van der Waals surface area contributed by atoms with Crippen molar-refractivity contribution in [2.45, 2.75) is 117 Å². The van der Waals surface area contributed by atoms with Crippen LogP contribution in [-0.4, -0.2) is 9.13 Å². The molecule has 2 heterocycles. The SMILES string of the molecule is Cc1c(C)c(C)c2c(c1C)c1c(C)c(C)c(C)c(C)c1n2-c1ccc(-c2cc(F)cc(F)c2)c(-n2c3c(C)c(C)c(C)c(C)c3c3c(C)c(C)c(C)c(C)c32)c1C(F)(F)F. The van der Waals surface area contributed by atoms with Crippen LogP contribution in [0.15, 0.2) is 30.3 Å². The maximum Gasteiger partial charge on any atom is 0.420 e. The summed E-state index contributed by atoms with van der Waals surface area (Å²) in [5.74, 6) is -1.74. The molecule has 8 aromatic rings. The van der Waals surface area contributed by atoms with Gasteiger partial charge in [0.1, 0.15) is 17.2 Å². The summed E-state index contributed by atoms with van der Waals surface area (Å²) in [6, 6.07) is 6.19. The highest BCUT2D eigenvalue weighted by atomic mass is 19.4. The maximum absolute atomic E-state index is 17.1. The summed E-state index contributed by atoms with van der Waals surface area (Å²) in [6.45, 7) is 32.6. The minimum absolute atomic E-state index is 0.0187. The standard InChI is InChI=1S/C53H53F5N2/c1-22-26(5)34(13)48-43(30(22)9)44-31(10)23(2)27(6)35(14)49(44)59(48)42-18-17-41(38-19-39(54)21-40(55)20-38)52(47(42)53(56,57)58)60-50-36(15)28(7)24(3)32(11)45(50)46-33(12)25(4)29(8)37(16)51(46)60/h17-21H,1-16H3. The highest BCUT2D eigenvalue weighted by Gasteiger charge is 2.42. The Bertz CT molecular complexity index is 3080. The lowest BCUT2D eigenvalue weighted by Gasteiger charge is -2.26. The van der Waals surface area contributed by atoms with Gasteiger partial charge in [0, 0.05) is 33.2 Å². The first kappa shape index (κ1) is 41.3. The lowest BCUT2D eigenvalue weighted by molar-refractivity contribution is -0.137. The first-order chi connectivity index (χ1) is 27.9. The quantitative estimate of drug-likeness (QED) is 0.157. The predicted molar refractivity (Wildman–Crippen MR) is 241 cm³/mol. The third-order valence-corrected chi connectivity index (χ3v) is 15.1. The van der Waals surface area contributed by atoms with E-state index >= 15 is 22.0 Å². The minimum Gasteiger partial charge on any atom is -0.308 e. The second kappa shape index (κ2) is 13.5. The van der Waals surface area contributed by atoms with Crippen molar-refractivity contribution in [3.63, 3.8) is 0 Å². The summed E-state index contributed by atoms with van der Waals surface area (Å²) < 4.78 is 85.5. The largest absolute Gasteiger partial charge is 0.420 e. The van der Waals surface area contributed by atoms with Crippen LogP contribution in [0.3, 0.4) is 0 Å². The molecule has 2 nitrogen and oxygen atoms in total. The van der Waals surface area contributed by atoms with Crippen molar-refractivity contribution in [1.29, 1.82) is 0 Å². The molecular formula is C53H53F5N2. The molecule has 0 aliphatic carbocycles. The molecule has 0 saturated carbocycles. The third kappa shape index (κ3) is 5.36. The first-order valence-electron chi connectivity index (χ1n) is 20.7. The second-order valence-corrected chi connectivity index (χ2v) is 17.6. The Labute approximate surface area is 349 Å². The molecule has 7 heteroatoms. The van der Waals surface area contributed by atoms with E-state index in [4.69, 9.17) is 0 Å². The zero-order valence-electron chi connectivity index (χ0n) is 37.7. The van der Waals surface area contributed by atoms with Gasteiger partial charge in [0.15, 0.2) is 0 Å². The van der Waals surface area contributed by atoms with E-state index in [0.29, 0.717) is 11.0 Å². The van der Waals surface area contributed by atoms with Crippen molar-refractivity contribution < 1.29 is 22.0 Å². The van der Waals surface area contributed by atoms with Crippen LogP contribution in [0.2, 0.25) is 0 Å². The summed E-state index contributed by atoms with van der Waals surface area (Å²) in [4.78, 5) is 0. The van der Waals surface area contributed by atoms with Gasteiger partial charge in [0.05, 0.1) is 33.4 Å². The Morgan fingerprint density at radius 2 is 0.667 bits per heavy atom. The molecule has 310 valence electrons. The number of rotatable bonds is 3. The van der Waals surface area contributed by atoms with Gasteiger partial charge in [-0.3, -0.25) is 0 Å². The fourth-order valence-corrected chi connectivity index (χ4v) is 10.4. The number of aryl methyl sites for hydroxylation is 8. The molecule has 0 unspecified atom stereocenters. The van der Waals surface area contributed by atoms with Crippen molar-refractivity contribution in [1.82, 2.24) is 9.13 Å². The molecule has 0 aliphatic rings. The van der Waals surface area contributed by atoms with E-state index in [9.17, 15) is 0 Å². The Morgan fingerprint density at radius 3 is 0.983 bits per heavy atom. The molecule has 0 radical (unpaired) electrons. The van der Waals surface area contributed by atoms with Crippen LogP contribution in [0.4, 0.5) is 22.0 Å². The number of nitrogens with zero attached hydrogens (tertiary/aromatic N) is 2. The molecule has 0 atom stereocenters. The van der Waals surface area contributed by atoms with Crippen LogP contribution in [0.1, 0.15) is 94.6 Å². The van der Waals surface area contributed by atoms with Gasteiger partial charge in [0.2, 0.25) is 0 Å². The molecule has 8 rings (SSSR count). The van der Waals surface area contributed by atoms with E-state index in [1.54, 1.807) is 10.6 Å². The summed E-state index contributed by atoms with van der Waals surface area (Å²) in [7, 11) is 0. The van der Waals surface area contributed by atoms with Gasteiger partial charge in [-0.1, -0.05) is 6.07 Å². The normalized spacial score (nSPS) is 12.4. The van der Waals surface area contributed by atoms with E-state index in [1.807, 2.05) is 73.8 Å². The monoisotopic (exact) mass is 812 g/mol. The molecule has 0 fully saturated rings. The second-order valence-electron chi connectivity index (χ2n) is 17.6. The van der Waals surface area contributed by atoms with Crippen LogP contribution < -0.4 is 0 Å². The van der Waals surface area contributed by atoms with Crippen molar-refractivity contribution in [3.8, 4) is 22.5 Å². The van der Waals surface area contributed by atoms with Gasteiger partial charge in [-0.2, -0.15) is 13.2 Å². The first-order valence-corrected chi connectivity index (χ1v) is 20.7. The molecule has 0 bridgehead atoms. The highest BCUT2D eigenvalue weighted by Crippen LogP contribution is 2.52. The van der Waals surface area contributed by atoms with E-state index in [-0.39, 0.29) is 22.5 Å². The van der Waals surface area contributed by atoms with Gasteiger partial charge in [-0.15, -0.1) is 0 Å². The smallest absolute Gasteiger partial charge is 0.308 e. The van der Waals surface area contributed by atoms with Crippen LogP contribution >= 0.6 is 0 Å². The lowest BCUT2D eigenvalue weighted by Crippen LogP contribution is -2.18. The van der Waals surface area contributed by atoms with E-state index in [0.717, 1.165) is 140 Å². The minimum atomic E-state index is -4.95. The summed E-state index contributed by atoms with van der Waals surface area (Å²) >= 11 is 0. The molecule has 0 aliphatic heterocycles. The number of aromatic nitrogens is 2. The molecule has 2 aromatic heterocycles. The average Bonchev–Trinajstić information content (AvgIpc) is 3.74. The van der Waals surface area contributed by atoms with Crippen molar-refractivity contribution in [2.75, 3.05) is 0 Å². The molecule has 0 N–H and O–H groups in total. The number of alkyl halides is 3. The van der Waals surface area contributed by atoms with Crippen LogP contribution in [-0.2, 0) is 6.18 Å². The van der Waals surface area contributed by atoms with E-state index in [2.05, 4.69) is 41.5 Å². The maximum atomic E-state index is 17.1. The zero-order chi connectivity index (χ0) is 44.1. The number of hydrogen-bond donors (Lipinski definition) is 0. The lowest BCUT2D eigenvalue weighted by atomic mass is 9.90. The Kier molecular flexibility index (Phi) is 9.32. The van der Waals surface area contributed by atoms with Gasteiger partial charge < -0.3 is 9.13 Å². The van der Waals surface area contributed by atoms with Crippen LogP contribution in [0.25, 0.3) is 66.1 Å². The number of hydrogen-bond acceptors (Lipinski definition) is 0. The highest BCUT2D eigenvalue weighted by molar-refractivity contribution is 6.17. The molecule has 0 amide bonds. The Hall–Kier alpha value is -5.43. The van der Waals surface area contributed by atoms with E-state index in [1.165, 1.54) is 6.07 Å². The Morgan fingerprint density at radius 1 is 0.367 bits per heavy atom. The number of halogens is 5. The average molecular weight is 813 g/mol. The predicted octanol–water partition coefficient (Wildman–Crippen LogP) is 15.8. The molecule has 60 heavy (non-hydrogen) atoms. The van der Waals surface area contributed by atoms with E-state index < -0.39 is 23.4 Å². The fourth-order valence-electron chi connectivity index (χ4n) is 10.4. The summed E-state index contributed by atoms with van der Waals surface area (Å²) in [6.07, 6.45) is -4.95. The van der Waals surface area contributed by atoms with Crippen molar-refractivity contribution in [2.24, 2.45) is 0 Å². The van der Waals surface area contributed by atoms with Gasteiger partial charge in [-0.05, 0) is 224 Å². The van der Waals surface area contributed by atoms with Crippen LogP contribution in [0.5, 0.6) is 0 Å². The van der Waals surface area contributed by atoms with Gasteiger partial charge in [0.25, 0.3) is 0 Å². The van der Waals surface area contributed by atoms with Gasteiger partial charge >= 0.3 is 6.18 Å². The molecule has 6 aromatic carbocycles. The summed E-state index contributed by atoms with van der Waals surface area (Å²) in [5, 5.41) is 3.65. The summed E-state index contributed by atoms with van der Waals surface area (Å²) in [5.41, 5.74) is 17.7. The van der Waals surface area contributed by atoms with Crippen molar-refractivity contribution >= 4 is 43.6 Å². The van der Waals surface area contributed by atoms with Crippen LogP contribution in [0, 0.1) is 122 Å². The molecular weight excluding hydrogens is 760 g/mol. The molecule has 0 spiro atoms. The number of fused-ring (bicyclic) bond motifs is 6. The molecule has 0 saturated heterocycles. The Balaban J connectivity index is 1.77. The third-order valence-electron chi connectivity index (χ3n) is 15.1. The van der Waals surface area contributed by atoms with Crippen molar-refractivity contribution in [3.05, 3.63) is 137 Å². The number of benzene rings is 6. The fraction of sp³-hybridized carbons (Fsp3) is 0.321. The topological polar surface area (TPSA) is 9.86 Å². The zero-order valence-corrected chi connectivity index (χ0v) is 37.7.